The first kappa shape index (κ1) is 16.0. The van der Waals surface area contributed by atoms with Crippen molar-refractivity contribution in [1.29, 1.82) is 0 Å². The summed E-state index contributed by atoms with van der Waals surface area (Å²) in [5, 5.41) is 10.7. The fraction of sp³-hybridized carbons (Fsp3) is 0.333. The maximum Gasteiger partial charge on any atom is 0.126 e. The highest BCUT2D eigenvalue weighted by Gasteiger charge is 2.16. The topological polar surface area (TPSA) is 20.2 Å². The largest absolute Gasteiger partial charge is 0.388 e. The number of aliphatic hydroxyl groups excluding tert-OH is 1. The molecule has 2 aromatic rings. The van der Waals surface area contributed by atoms with Crippen LogP contribution in [0.3, 0.4) is 0 Å². The Morgan fingerprint density at radius 1 is 1.10 bits per heavy atom. The normalized spacial score (nSPS) is 13.2. The number of rotatable bonds is 3. The van der Waals surface area contributed by atoms with Gasteiger partial charge >= 0.3 is 0 Å². The summed E-state index contributed by atoms with van der Waals surface area (Å²) in [6.45, 7) is 6.42. The molecule has 0 fully saturated rings. The van der Waals surface area contributed by atoms with Crippen molar-refractivity contribution < 1.29 is 9.50 Å². The van der Waals surface area contributed by atoms with Crippen LogP contribution in [0.1, 0.15) is 43.6 Å². The Hall–Kier alpha value is -1.38. The first-order valence-corrected chi connectivity index (χ1v) is 7.37. The van der Waals surface area contributed by atoms with E-state index in [1.807, 2.05) is 24.3 Å². The number of hydrogen-bond donors (Lipinski definition) is 1. The average molecular weight is 307 g/mol. The molecule has 0 radical (unpaired) electrons. The third-order valence-electron chi connectivity index (χ3n) is 3.58. The molecule has 0 heterocycles. The summed E-state index contributed by atoms with van der Waals surface area (Å²) >= 11 is 5.87. The second-order valence-electron chi connectivity index (χ2n) is 6.33. The van der Waals surface area contributed by atoms with Gasteiger partial charge in [-0.2, -0.15) is 0 Å². The highest BCUT2D eigenvalue weighted by atomic mass is 35.5. The van der Waals surface area contributed by atoms with E-state index in [1.165, 1.54) is 17.7 Å². The fourth-order valence-corrected chi connectivity index (χ4v) is 2.43. The number of hydrogen-bond acceptors (Lipinski definition) is 1. The number of benzene rings is 2. The molecular formula is C18H20ClFO. The lowest BCUT2D eigenvalue weighted by Crippen LogP contribution is -2.11. The van der Waals surface area contributed by atoms with Gasteiger partial charge in [0.1, 0.15) is 5.82 Å². The van der Waals surface area contributed by atoms with Crippen LogP contribution in [0.25, 0.3) is 0 Å². The lowest BCUT2D eigenvalue weighted by molar-refractivity contribution is 0.177. The molecule has 0 aliphatic carbocycles. The van der Waals surface area contributed by atoms with Crippen LogP contribution < -0.4 is 0 Å². The molecule has 0 saturated heterocycles. The summed E-state index contributed by atoms with van der Waals surface area (Å²) in [4.78, 5) is 0. The average Bonchev–Trinajstić information content (AvgIpc) is 2.42. The Morgan fingerprint density at radius 2 is 1.71 bits per heavy atom. The molecule has 0 bridgehead atoms. The van der Waals surface area contributed by atoms with Gasteiger partial charge in [0, 0.05) is 11.4 Å². The first-order valence-electron chi connectivity index (χ1n) is 7.00. The molecule has 3 heteroatoms. The van der Waals surface area contributed by atoms with Gasteiger partial charge in [0.05, 0.1) is 6.10 Å². The molecule has 21 heavy (non-hydrogen) atoms. The molecule has 0 aliphatic heterocycles. The molecule has 0 spiro atoms. The molecule has 1 atom stereocenters. The molecule has 112 valence electrons. The van der Waals surface area contributed by atoms with Crippen LogP contribution in [0, 0.1) is 5.82 Å². The van der Waals surface area contributed by atoms with Crippen molar-refractivity contribution in [3.8, 4) is 0 Å². The minimum absolute atomic E-state index is 0.0720. The van der Waals surface area contributed by atoms with Crippen LogP contribution in [-0.4, -0.2) is 5.11 Å². The van der Waals surface area contributed by atoms with Crippen LogP contribution in [0.2, 0.25) is 5.02 Å². The van der Waals surface area contributed by atoms with E-state index in [9.17, 15) is 9.50 Å². The van der Waals surface area contributed by atoms with E-state index in [4.69, 9.17) is 11.6 Å². The Labute approximate surface area is 130 Å². The van der Waals surface area contributed by atoms with Crippen molar-refractivity contribution in [1.82, 2.24) is 0 Å². The Bertz CT molecular complexity index is 614. The van der Waals surface area contributed by atoms with Gasteiger partial charge in [-0.3, -0.25) is 0 Å². The van der Waals surface area contributed by atoms with Crippen LogP contribution in [0.15, 0.2) is 42.5 Å². The van der Waals surface area contributed by atoms with E-state index < -0.39 is 6.10 Å². The van der Waals surface area contributed by atoms with Crippen LogP contribution in [0.4, 0.5) is 4.39 Å². The summed E-state index contributed by atoms with van der Waals surface area (Å²) in [5.74, 6) is -0.343. The smallest absolute Gasteiger partial charge is 0.126 e. The minimum atomic E-state index is -0.744. The molecule has 1 unspecified atom stereocenters. The Balaban J connectivity index is 2.17. The molecule has 1 nitrogen and oxygen atoms in total. The lowest BCUT2D eigenvalue weighted by atomic mass is 9.86. The van der Waals surface area contributed by atoms with Crippen molar-refractivity contribution in [2.24, 2.45) is 0 Å². The third kappa shape index (κ3) is 4.05. The molecule has 0 aromatic heterocycles. The highest BCUT2D eigenvalue weighted by Crippen LogP contribution is 2.26. The molecular weight excluding hydrogens is 287 g/mol. The van der Waals surface area contributed by atoms with Gasteiger partial charge < -0.3 is 5.11 Å². The van der Waals surface area contributed by atoms with Gasteiger partial charge in [0.15, 0.2) is 0 Å². The quantitative estimate of drug-likeness (QED) is 0.841. The minimum Gasteiger partial charge on any atom is -0.388 e. The van der Waals surface area contributed by atoms with Gasteiger partial charge in [0.25, 0.3) is 0 Å². The van der Waals surface area contributed by atoms with Gasteiger partial charge in [0.2, 0.25) is 0 Å². The van der Waals surface area contributed by atoms with Gasteiger partial charge in [-0.25, -0.2) is 4.39 Å². The molecule has 2 rings (SSSR count). The van der Waals surface area contributed by atoms with Crippen molar-refractivity contribution in [3.05, 3.63) is 70.0 Å². The molecule has 1 N–H and O–H groups in total. The predicted octanol–water partition coefficient (Wildman–Crippen LogP) is 5.05. The van der Waals surface area contributed by atoms with E-state index >= 15 is 0 Å². The van der Waals surface area contributed by atoms with Crippen molar-refractivity contribution in [2.75, 3.05) is 0 Å². The summed E-state index contributed by atoms with van der Waals surface area (Å²) in [6.07, 6.45) is -0.534. The monoisotopic (exact) mass is 306 g/mol. The molecule has 0 saturated carbocycles. The number of aliphatic hydroxyl groups is 1. The maximum absolute atomic E-state index is 13.7. The van der Waals surface area contributed by atoms with Crippen LogP contribution in [-0.2, 0) is 11.8 Å². The lowest BCUT2D eigenvalue weighted by Gasteiger charge is -2.20. The number of halogens is 2. The van der Waals surface area contributed by atoms with E-state index in [0.29, 0.717) is 10.6 Å². The van der Waals surface area contributed by atoms with E-state index in [0.717, 1.165) is 5.56 Å². The van der Waals surface area contributed by atoms with Crippen molar-refractivity contribution >= 4 is 11.6 Å². The zero-order chi connectivity index (χ0) is 15.6. The van der Waals surface area contributed by atoms with Crippen molar-refractivity contribution in [2.45, 2.75) is 38.7 Å². The van der Waals surface area contributed by atoms with Gasteiger partial charge in [-0.1, -0.05) is 56.6 Å². The Kier molecular flexibility index (Phi) is 4.70. The summed E-state index contributed by atoms with van der Waals surface area (Å²) in [7, 11) is 0. The second-order valence-corrected chi connectivity index (χ2v) is 6.76. The van der Waals surface area contributed by atoms with Gasteiger partial charge in [-0.15, -0.1) is 0 Å². The summed E-state index contributed by atoms with van der Waals surface area (Å²) in [5.41, 5.74) is 2.48. The summed E-state index contributed by atoms with van der Waals surface area (Å²) in [6, 6.07) is 12.2. The van der Waals surface area contributed by atoms with E-state index in [-0.39, 0.29) is 17.7 Å². The first-order chi connectivity index (χ1) is 9.77. The van der Waals surface area contributed by atoms with Crippen LogP contribution >= 0.6 is 11.6 Å². The zero-order valence-corrected chi connectivity index (χ0v) is 13.3. The maximum atomic E-state index is 13.7. The Morgan fingerprint density at radius 3 is 2.29 bits per heavy atom. The predicted molar refractivity (Wildman–Crippen MR) is 85.2 cm³/mol. The fourth-order valence-electron chi connectivity index (χ4n) is 2.23. The summed E-state index contributed by atoms with van der Waals surface area (Å²) < 4.78 is 13.7. The van der Waals surface area contributed by atoms with Crippen LogP contribution in [0.5, 0.6) is 0 Å². The SMILES string of the molecule is CC(C)(C)c1ccc(C(O)Cc2cc(Cl)ccc2F)cc1. The molecule has 2 aromatic carbocycles. The van der Waals surface area contributed by atoms with Crippen molar-refractivity contribution in [3.63, 3.8) is 0 Å². The zero-order valence-electron chi connectivity index (χ0n) is 12.5. The molecule has 0 aliphatic rings. The standard InChI is InChI=1S/C18H20ClFO/c1-18(2,3)14-6-4-12(5-7-14)17(21)11-13-10-15(19)8-9-16(13)20/h4-10,17,21H,11H2,1-3H3. The highest BCUT2D eigenvalue weighted by molar-refractivity contribution is 6.30. The third-order valence-corrected chi connectivity index (χ3v) is 3.82. The van der Waals surface area contributed by atoms with Gasteiger partial charge in [-0.05, 0) is 40.3 Å². The second kappa shape index (κ2) is 6.17. The van der Waals surface area contributed by atoms with E-state index in [2.05, 4.69) is 20.8 Å². The molecule has 0 amide bonds. The van der Waals surface area contributed by atoms with E-state index in [1.54, 1.807) is 6.07 Å².